The minimum Gasteiger partial charge on any atom is -0.382 e. The molecule has 1 atom stereocenters. The summed E-state index contributed by atoms with van der Waals surface area (Å²) in [5.41, 5.74) is 11.8. The number of nitrogen functional groups attached to an aromatic ring is 1. The van der Waals surface area contributed by atoms with Crippen LogP contribution in [0.5, 0.6) is 0 Å². The molecule has 0 saturated carbocycles. The lowest BCUT2D eigenvalue weighted by atomic mass is 10.1. The van der Waals surface area contributed by atoms with Crippen LogP contribution in [-0.2, 0) is 0 Å². The van der Waals surface area contributed by atoms with E-state index in [4.69, 9.17) is 11.5 Å². The quantitative estimate of drug-likeness (QED) is 0.781. The molecule has 2 rings (SSSR count). The summed E-state index contributed by atoms with van der Waals surface area (Å²) in [7, 11) is 0. The van der Waals surface area contributed by atoms with Crippen molar-refractivity contribution < 1.29 is 4.79 Å². The first kappa shape index (κ1) is 16.0. The van der Waals surface area contributed by atoms with Crippen LogP contribution in [0.25, 0.3) is 0 Å². The molecule has 2 heterocycles. The first-order valence-electron chi connectivity index (χ1n) is 7.46. The number of nitrogens with one attached hydrogen (secondary N) is 1. The van der Waals surface area contributed by atoms with Gasteiger partial charge in [-0.2, -0.15) is 0 Å². The zero-order valence-corrected chi connectivity index (χ0v) is 13.7. The standard InChI is InChI=1S/C14H25N5OS/c1-8(2)9(3)17-13(20)11-12(16)18-14(21-11)19-6-4-10(15)5-7-19/h8-10H,4-7,15-16H2,1-3H3,(H,17,20). The SMILES string of the molecule is CC(C)C(C)NC(=O)c1sc(N2CCC(N)CC2)nc1N. The number of thiazole rings is 1. The van der Waals surface area contributed by atoms with Gasteiger partial charge in [-0.25, -0.2) is 4.98 Å². The van der Waals surface area contributed by atoms with Gasteiger partial charge in [0.2, 0.25) is 0 Å². The van der Waals surface area contributed by atoms with E-state index < -0.39 is 0 Å². The number of amides is 1. The summed E-state index contributed by atoms with van der Waals surface area (Å²) in [6, 6.07) is 0.378. The van der Waals surface area contributed by atoms with Gasteiger partial charge in [0.05, 0.1) is 0 Å². The summed E-state index contributed by atoms with van der Waals surface area (Å²) >= 11 is 1.37. The van der Waals surface area contributed by atoms with Gasteiger partial charge < -0.3 is 21.7 Å². The van der Waals surface area contributed by atoms with Crippen molar-refractivity contribution in [3.63, 3.8) is 0 Å². The van der Waals surface area contributed by atoms with Crippen molar-refractivity contribution in [3.8, 4) is 0 Å². The third-order valence-corrected chi connectivity index (χ3v) is 5.15. The van der Waals surface area contributed by atoms with Gasteiger partial charge in [-0.05, 0) is 25.7 Å². The van der Waals surface area contributed by atoms with Crippen LogP contribution in [0.15, 0.2) is 0 Å². The normalized spacial score (nSPS) is 18.0. The molecule has 21 heavy (non-hydrogen) atoms. The first-order valence-corrected chi connectivity index (χ1v) is 8.27. The average molecular weight is 311 g/mol. The monoisotopic (exact) mass is 311 g/mol. The number of hydrogen-bond donors (Lipinski definition) is 3. The Kier molecular flexibility index (Phi) is 5.05. The fourth-order valence-corrected chi connectivity index (χ4v) is 3.09. The van der Waals surface area contributed by atoms with E-state index in [0.717, 1.165) is 31.1 Å². The average Bonchev–Trinajstić information content (AvgIpc) is 2.81. The third-order valence-electron chi connectivity index (χ3n) is 4.02. The Hall–Kier alpha value is -1.34. The van der Waals surface area contributed by atoms with E-state index >= 15 is 0 Å². The molecular formula is C14H25N5OS. The number of nitrogens with zero attached hydrogens (tertiary/aromatic N) is 2. The zero-order valence-electron chi connectivity index (χ0n) is 12.9. The Morgan fingerprint density at radius 1 is 1.38 bits per heavy atom. The highest BCUT2D eigenvalue weighted by atomic mass is 32.1. The molecule has 5 N–H and O–H groups in total. The molecule has 0 aliphatic carbocycles. The van der Waals surface area contributed by atoms with Crippen LogP contribution >= 0.6 is 11.3 Å². The van der Waals surface area contributed by atoms with Crippen molar-refractivity contribution in [2.24, 2.45) is 11.7 Å². The van der Waals surface area contributed by atoms with Crippen molar-refractivity contribution in [2.45, 2.75) is 45.7 Å². The molecule has 0 radical (unpaired) electrons. The van der Waals surface area contributed by atoms with Crippen molar-refractivity contribution in [1.82, 2.24) is 10.3 Å². The van der Waals surface area contributed by atoms with Gasteiger partial charge in [-0.15, -0.1) is 0 Å². The number of piperidine rings is 1. The third kappa shape index (κ3) is 3.85. The topological polar surface area (TPSA) is 97.3 Å². The fourth-order valence-electron chi connectivity index (χ4n) is 2.15. The summed E-state index contributed by atoms with van der Waals surface area (Å²) < 4.78 is 0. The molecule has 1 fully saturated rings. The smallest absolute Gasteiger partial charge is 0.265 e. The lowest BCUT2D eigenvalue weighted by Gasteiger charge is -2.29. The molecule has 1 unspecified atom stereocenters. The van der Waals surface area contributed by atoms with Gasteiger partial charge in [-0.3, -0.25) is 4.79 Å². The predicted molar refractivity (Wildman–Crippen MR) is 87.7 cm³/mol. The van der Waals surface area contributed by atoms with Crippen LogP contribution < -0.4 is 21.7 Å². The summed E-state index contributed by atoms with van der Waals surface area (Å²) in [4.78, 5) is 19.3. The minimum atomic E-state index is -0.133. The molecule has 0 bridgehead atoms. The molecule has 1 amide bonds. The predicted octanol–water partition coefficient (Wildman–Crippen LogP) is 1.43. The number of carbonyl (C=O) groups excluding carboxylic acids is 1. The Bertz CT molecular complexity index is 494. The molecule has 0 spiro atoms. The molecule has 0 aromatic carbocycles. The highest BCUT2D eigenvalue weighted by Crippen LogP contribution is 2.30. The van der Waals surface area contributed by atoms with Crippen LogP contribution in [0.1, 0.15) is 43.3 Å². The molecule has 1 saturated heterocycles. The number of rotatable bonds is 4. The first-order chi connectivity index (χ1) is 9.88. The Morgan fingerprint density at radius 2 is 2.00 bits per heavy atom. The van der Waals surface area contributed by atoms with Crippen LogP contribution in [0.4, 0.5) is 10.9 Å². The molecule has 6 nitrogen and oxygen atoms in total. The van der Waals surface area contributed by atoms with Crippen molar-refractivity contribution in [3.05, 3.63) is 4.88 Å². The Labute approximate surface area is 129 Å². The summed E-state index contributed by atoms with van der Waals surface area (Å²) in [6.45, 7) is 7.88. The van der Waals surface area contributed by atoms with Gasteiger partial charge in [0.25, 0.3) is 5.91 Å². The minimum absolute atomic E-state index is 0.107. The second kappa shape index (κ2) is 6.62. The molecule has 1 aromatic heterocycles. The maximum Gasteiger partial charge on any atom is 0.265 e. The van der Waals surface area contributed by atoms with Crippen LogP contribution in [0.2, 0.25) is 0 Å². The highest BCUT2D eigenvalue weighted by Gasteiger charge is 2.23. The van der Waals surface area contributed by atoms with Crippen LogP contribution in [0, 0.1) is 5.92 Å². The molecule has 7 heteroatoms. The van der Waals surface area contributed by atoms with E-state index in [1.165, 1.54) is 11.3 Å². The fraction of sp³-hybridized carbons (Fsp3) is 0.714. The van der Waals surface area contributed by atoms with E-state index in [2.05, 4.69) is 29.0 Å². The van der Waals surface area contributed by atoms with Crippen molar-refractivity contribution in [2.75, 3.05) is 23.7 Å². The Balaban J connectivity index is 2.06. The van der Waals surface area contributed by atoms with E-state index in [1.54, 1.807) is 0 Å². The summed E-state index contributed by atoms with van der Waals surface area (Å²) in [5, 5.41) is 3.79. The number of anilines is 2. The van der Waals surface area contributed by atoms with Gasteiger partial charge in [0.15, 0.2) is 5.13 Å². The van der Waals surface area contributed by atoms with Crippen molar-refractivity contribution >= 4 is 28.2 Å². The Morgan fingerprint density at radius 3 is 2.57 bits per heavy atom. The van der Waals surface area contributed by atoms with Gasteiger partial charge >= 0.3 is 0 Å². The highest BCUT2D eigenvalue weighted by molar-refractivity contribution is 7.18. The largest absolute Gasteiger partial charge is 0.382 e. The second-order valence-corrected chi connectivity index (χ2v) is 7.02. The van der Waals surface area contributed by atoms with Crippen LogP contribution in [-0.4, -0.2) is 36.1 Å². The van der Waals surface area contributed by atoms with Gasteiger partial charge in [-0.1, -0.05) is 25.2 Å². The van der Waals surface area contributed by atoms with E-state index in [0.29, 0.717) is 16.6 Å². The molecule has 118 valence electrons. The van der Waals surface area contributed by atoms with Gasteiger partial charge in [0, 0.05) is 25.2 Å². The van der Waals surface area contributed by atoms with Gasteiger partial charge in [0.1, 0.15) is 10.7 Å². The van der Waals surface area contributed by atoms with E-state index in [9.17, 15) is 4.79 Å². The number of hydrogen-bond acceptors (Lipinski definition) is 6. The van der Waals surface area contributed by atoms with Crippen molar-refractivity contribution in [1.29, 1.82) is 0 Å². The second-order valence-electron chi connectivity index (χ2n) is 6.04. The van der Waals surface area contributed by atoms with E-state index in [-0.39, 0.29) is 18.0 Å². The number of nitrogens with two attached hydrogens (primary N) is 2. The van der Waals surface area contributed by atoms with E-state index in [1.807, 2.05) is 6.92 Å². The molecular weight excluding hydrogens is 286 g/mol. The summed E-state index contributed by atoms with van der Waals surface area (Å²) in [5.74, 6) is 0.565. The molecule has 1 aromatic rings. The lowest BCUT2D eigenvalue weighted by molar-refractivity contribution is 0.0935. The van der Waals surface area contributed by atoms with Crippen LogP contribution in [0.3, 0.4) is 0 Å². The number of aromatic nitrogens is 1. The number of carbonyl (C=O) groups is 1. The summed E-state index contributed by atoms with van der Waals surface area (Å²) in [6.07, 6.45) is 1.90. The maximum atomic E-state index is 12.3. The molecule has 1 aliphatic rings. The zero-order chi connectivity index (χ0) is 15.6. The lowest BCUT2D eigenvalue weighted by Crippen LogP contribution is -2.39. The molecule has 1 aliphatic heterocycles. The maximum absolute atomic E-state index is 12.3.